The number of rotatable bonds is 10. The van der Waals surface area contributed by atoms with Gasteiger partial charge in [-0.05, 0) is 60.6 Å². The highest BCUT2D eigenvalue weighted by Crippen LogP contribution is 2.45. The highest BCUT2D eigenvalue weighted by atomic mass is 32.2. The molecule has 4 aromatic carbocycles. The molecule has 0 amide bonds. The molecular formula is C35H39N3O7S3. The summed E-state index contributed by atoms with van der Waals surface area (Å²) in [4.78, 5) is 3.73. The molecule has 1 N–H and O–H groups in total. The molecule has 0 spiro atoms. The first-order valence-electron chi connectivity index (χ1n) is 15.7. The van der Waals surface area contributed by atoms with E-state index in [-0.39, 0.29) is 5.88 Å². The molecule has 1 aliphatic heterocycles. The van der Waals surface area contributed by atoms with Crippen molar-refractivity contribution < 1.29 is 35.2 Å². The Morgan fingerprint density at radius 1 is 0.896 bits per heavy atom. The van der Waals surface area contributed by atoms with E-state index in [9.17, 15) is 25.9 Å². The van der Waals surface area contributed by atoms with Crippen LogP contribution < -0.4 is 14.2 Å². The average Bonchev–Trinajstić information content (AvgIpc) is 3.57. The van der Waals surface area contributed by atoms with Crippen LogP contribution in [-0.4, -0.2) is 56.4 Å². The van der Waals surface area contributed by atoms with Crippen molar-refractivity contribution in [2.24, 2.45) is 0 Å². The third-order valence-electron chi connectivity index (χ3n) is 8.18. The molecule has 0 atom stereocenters. The SMILES string of the molecule is CCC(=Cc1sc2ccc3ccccc3c2[n+]1CS(=O)(=O)O)C=C1Oc2ccc3ccccc3c2N1CS(=O)(=O)[O-].CCN(CC)CC. The molecule has 1 aliphatic rings. The molecule has 0 saturated carbocycles. The average molecular weight is 710 g/mol. The number of anilines is 1. The van der Waals surface area contributed by atoms with Gasteiger partial charge >= 0.3 is 10.1 Å². The topological polar surface area (TPSA) is 131 Å². The standard InChI is InChI=1S/C29H24N2O7S3.C6H15N/c1-2-19(15-26-30(17-40(32,33)34)28-22-9-5-3-7-20(22)11-13-24(28)38-26)16-27-31(18-41(35,36)37)29-23-10-6-4-8-21(23)12-14-25(29)39-27;1-4-7(5-2)6-3/h3-16H,2,17-18H2,1H3,(H-,32,33,34,35,36,37);4-6H2,1-3H3. The maximum absolute atomic E-state index is 12.1. The van der Waals surface area contributed by atoms with Crippen LogP contribution in [0.5, 0.6) is 5.75 Å². The van der Waals surface area contributed by atoms with E-state index >= 15 is 0 Å². The lowest BCUT2D eigenvalue weighted by Gasteiger charge is -2.21. The molecule has 0 aliphatic carbocycles. The lowest BCUT2D eigenvalue weighted by Crippen LogP contribution is -2.39. The van der Waals surface area contributed by atoms with Crippen LogP contribution in [-0.2, 0) is 26.1 Å². The predicted octanol–water partition coefficient (Wildman–Crippen LogP) is 6.73. The van der Waals surface area contributed by atoms with Gasteiger partial charge in [0.2, 0.25) is 11.4 Å². The molecular weight excluding hydrogens is 671 g/mol. The van der Waals surface area contributed by atoms with E-state index < -0.39 is 32.0 Å². The lowest BCUT2D eigenvalue weighted by atomic mass is 10.1. The molecule has 13 heteroatoms. The minimum Gasteiger partial charge on any atom is -0.747 e. The smallest absolute Gasteiger partial charge is 0.326 e. The van der Waals surface area contributed by atoms with Gasteiger partial charge in [0, 0.05) is 17.5 Å². The Morgan fingerprint density at radius 3 is 2.08 bits per heavy atom. The molecule has 2 heterocycles. The summed E-state index contributed by atoms with van der Waals surface area (Å²) in [7, 11) is -9.07. The van der Waals surface area contributed by atoms with E-state index in [1.807, 2.05) is 73.7 Å². The van der Waals surface area contributed by atoms with Crippen LogP contribution in [0, 0.1) is 0 Å². The van der Waals surface area contributed by atoms with Gasteiger partial charge in [0.15, 0.2) is 5.75 Å². The zero-order valence-electron chi connectivity index (χ0n) is 27.3. The summed E-state index contributed by atoms with van der Waals surface area (Å²) < 4.78 is 78.2. The number of fused-ring (bicyclic) bond motifs is 6. The maximum atomic E-state index is 12.1. The summed E-state index contributed by atoms with van der Waals surface area (Å²) in [6.45, 7) is 12.0. The first-order chi connectivity index (χ1) is 22.9. The van der Waals surface area contributed by atoms with Gasteiger partial charge in [-0.1, -0.05) is 93.6 Å². The van der Waals surface area contributed by atoms with Crippen molar-refractivity contribution in [2.45, 2.75) is 40.0 Å². The van der Waals surface area contributed by atoms with Gasteiger partial charge in [-0.25, -0.2) is 8.42 Å². The Balaban J connectivity index is 0.000000582. The molecule has 1 aromatic heterocycles. The molecule has 5 aromatic rings. The van der Waals surface area contributed by atoms with E-state index in [1.54, 1.807) is 22.8 Å². The van der Waals surface area contributed by atoms with Crippen LogP contribution in [0.2, 0.25) is 0 Å². The van der Waals surface area contributed by atoms with Gasteiger partial charge in [0.1, 0.15) is 20.7 Å². The minimum absolute atomic E-state index is 0.164. The van der Waals surface area contributed by atoms with Crippen LogP contribution in [0.3, 0.4) is 0 Å². The molecule has 10 nitrogen and oxygen atoms in total. The second kappa shape index (κ2) is 14.7. The van der Waals surface area contributed by atoms with E-state index in [0.717, 1.165) is 26.2 Å². The highest BCUT2D eigenvalue weighted by Gasteiger charge is 2.31. The van der Waals surface area contributed by atoms with Crippen molar-refractivity contribution in [1.29, 1.82) is 0 Å². The summed E-state index contributed by atoms with van der Waals surface area (Å²) in [5, 5.41) is 3.93. The third kappa shape index (κ3) is 8.05. The van der Waals surface area contributed by atoms with Crippen molar-refractivity contribution in [1.82, 2.24) is 4.90 Å². The molecule has 0 bridgehead atoms. The van der Waals surface area contributed by atoms with Crippen molar-refractivity contribution >= 4 is 75.1 Å². The van der Waals surface area contributed by atoms with Crippen molar-refractivity contribution in [3.05, 3.63) is 95.3 Å². The van der Waals surface area contributed by atoms with Crippen LogP contribution in [0.1, 0.15) is 39.1 Å². The number of ether oxygens (including phenoxy) is 1. The highest BCUT2D eigenvalue weighted by molar-refractivity contribution is 7.85. The lowest BCUT2D eigenvalue weighted by molar-refractivity contribution is -0.648. The summed E-state index contributed by atoms with van der Waals surface area (Å²) in [6, 6.07) is 22.5. The van der Waals surface area contributed by atoms with E-state index in [2.05, 4.69) is 25.7 Å². The number of hydrogen-bond donors (Lipinski definition) is 1. The summed E-state index contributed by atoms with van der Waals surface area (Å²) in [6.07, 6.45) is 3.91. The largest absolute Gasteiger partial charge is 0.747 e. The van der Waals surface area contributed by atoms with Crippen LogP contribution in [0.4, 0.5) is 5.69 Å². The Labute approximate surface area is 285 Å². The fourth-order valence-corrected chi connectivity index (χ4v) is 8.18. The van der Waals surface area contributed by atoms with E-state index in [1.165, 1.54) is 35.9 Å². The molecule has 0 saturated heterocycles. The third-order valence-corrected chi connectivity index (χ3v) is 10.4. The van der Waals surface area contributed by atoms with Gasteiger partial charge in [-0.2, -0.15) is 13.0 Å². The normalized spacial score (nSPS) is 14.5. The number of thiazole rings is 1. The molecule has 0 unspecified atom stereocenters. The molecule has 254 valence electrons. The number of nitrogens with zero attached hydrogens (tertiary/aromatic N) is 3. The Bertz CT molecular complexity index is 2230. The minimum atomic E-state index is -4.68. The summed E-state index contributed by atoms with van der Waals surface area (Å²) in [5.74, 6) is -0.885. The monoisotopic (exact) mass is 709 g/mol. The first-order valence-corrected chi connectivity index (χ1v) is 19.7. The van der Waals surface area contributed by atoms with Crippen LogP contribution >= 0.6 is 11.3 Å². The quantitative estimate of drug-likeness (QED) is 0.124. The van der Waals surface area contributed by atoms with Crippen LogP contribution in [0.25, 0.3) is 37.8 Å². The van der Waals surface area contributed by atoms with Gasteiger partial charge < -0.3 is 14.2 Å². The van der Waals surface area contributed by atoms with Gasteiger partial charge in [-0.15, -0.1) is 0 Å². The number of allylic oxidation sites excluding steroid dienone is 2. The zero-order chi connectivity index (χ0) is 34.6. The maximum Gasteiger partial charge on any atom is 0.326 e. The van der Waals surface area contributed by atoms with Gasteiger partial charge in [-0.3, -0.25) is 9.45 Å². The Hall–Kier alpha value is -3.85. The van der Waals surface area contributed by atoms with Gasteiger partial charge in [0.05, 0.1) is 11.1 Å². The van der Waals surface area contributed by atoms with E-state index in [4.69, 9.17) is 4.74 Å². The molecule has 6 rings (SSSR count). The number of hydrogen-bond acceptors (Lipinski definition) is 9. The van der Waals surface area contributed by atoms with E-state index in [0.29, 0.717) is 34.0 Å². The van der Waals surface area contributed by atoms with Gasteiger partial charge in [0.25, 0.3) is 10.9 Å². The molecule has 0 radical (unpaired) electrons. The number of benzene rings is 4. The number of aromatic nitrogens is 1. The van der Waals surface area contributed by atoms with Crippen LogP contribution in [0.15, 0.2) is 90.3 Å². The second-order valence-corrected chi connectivity index (χ2v) is 15.1. The summed E-state index contributed by atoms with van der Waals surface area (Å²) >= 11 is 1.36. The van der Waals surface area contributed by atoms with Crippen molar-refractivity contribution in [3.8, 4) is 5.75 Å². The Kier molecular flexibility index (Phi) is 10.9. The fourth-order valence-electron chi connectivity index (χ4n) is 5.77. The van der Waals surface area contributed by atoms with Crippen molar-refractivity contribution in [3.63, 3.8) is 0 Å². The molecule has 48 heavy (non-hydrogen) atoms. The predicted molar refractivity (Wildman–Crippen MR) is 193 cm³/mol. The summed E-state index contributed by atoms with van der Waals surface area (Å²) in [5.41, 5.74) is 1.85. The fraction of sp³-hybridized carbons (Fsp3) is 0.286. The van der Waals surface area contributed by atoms with Crippen molar-refractivity contribution in [2.75, 3.05) is 30.4 Å². The zero-order valence-corrected chi connectivity index (χ0v) is 29.7. The Morgan fingerprint density at radius 2 is 1.50 bits per heavy atom. The first kappa shape index (κ1) is 35.5. The second-order valence-electron chi connectivity index (χ2n) is 11.2. The molecule has 0 fully saturated rings.